The third kappa shape index (κ3) is 2.80. The van der Waals surface area contributed by atoms with Crippen LogP contribution in [0.25, 0.3) is 0 Å². The highest BCUT2D eigenvalue weighted by Crippen LogP contribution is 2.31. The molecule has 2 aliphatic rings. The third-order valence-corrected chi connectivity index (χ3v) is 5.27. The molecule has 2 atom stereocenters. The van der Waals surface area contributed by atoms with Crippen LogP contribution < -0.4 is 10.6 Å². The van der Waals surface area contributed by atoms with E-state index in [1.165, 1.54) is 16.8 Å². The second-order valence-corrected chi connectivity index (χ2v) is 6.64. The predicted molar refractivity (Wildman–Crippen MR) is 88.9 cm³/mol. The van der Waals surface area contributed by atoms with Gasteiger partial charge in [-0.25, -0.2) is 0 Å². The Balaban J connectivity index is 1.80. The van der Waals surface area contributed by atoms with Crippen molar-refractivity contribution in [3.63, 3.8) is 0 Å². The number of anilines is 1. The van der Waals surface area contributed by atoms with Crippen molar-refractivity contribution < 1.29 is 0 Å². The number of nitrogens with zero attached hydrogens (tertiary/aromatic N) is 3. The van der Waals surface area contributed by atoms with Crippen molar-refractivity contribution in [1.82, 2.24) is 9.80 Å². The van der Waals surface area contributed by atoms with Crippen LogP contribution in [-0.4, -0.2) is 62.7 Å². The van der Waals surface area contributed by atoms with Gasteiger partial charge in [-0.3, -0.25) is 4.90 Å². The first-order valence-corrected chi connectivity index (χ1v) is 8.08. The van der Waals surface area contributed by atoms with E-state index in [1.54, 1.807) is 0 Å². The van der Waals surface area contributed by atoms with Crippen LogP contribution in [0.3, 0.4) is 0 Å². The number of fused-ring (bicyclic) bond motifs is 1. The second-order valence-electron chi connectivity index (χ2n) is 6.64. The Kier molecular flexibility index (Phi) is 4.20. The Morgan fingerprint density at radius 3 is 2.76 bits per heavy atom. The van der Waals surface area contributed by atoms with Crippen LogP contribution >= 0.6 is 0 Å². The minimum absolute atomic E-state index is 0.359. The van der Waals surface area contributed by atoms with Gasteiger partial charge in [-0.2, -0.15) is 0 Å². The molecule has 0 aliphatic carbocycles. The van der Waals surface area contributed by atoms with E-state index < -0.39 is 0 Å². The normalized spacial score (nSPS) is 25.1. The summed E-state index contributed by atoms with van der Waals surface area (Å²) >= 11 is 0. The minimum atomic E-state index is 0.359. The van der Waals surface area contributed by atoms with Gasteiger partial charge in [-0.05, 0) is 37.6 Å². The lowest BCUT2D eigenvalue weighted by Gasteiger charge is -2.41. The van der Waals surface area contributed by atoms with Gasteiger partial charge in [0.2, 0.25) is 0 Å². The molecule has 1 saturated heterocycles. The fraction of sp³-hybridized carbons (Fsp3) is 0.647. The number of hydrogen-bond acceptors (Lipinski definition) is 4. The molecular weight excluding hydrogens is 260 g/mol. The maximum atomic E-state index is 6.12. The highest BCUT2D eigenvalue weighted by Gasteiger charge is 2.27. The standard InChI is InChI=1S/C17H28N4/c1-13-12-21(9-8-19(13)2)17(11-18)14-4-5-16-15(10-14)6-7-20(16)3/h4-5,10,13,17H,6-9,11-12,18H2,1-3H3. The van der Waals surface area contributed by atoms with Gasteiger partial charge in [-0.15, -0.1) is 0 Å². The molecule has 2 aliphatic heterocycles. The summed E-state index contributed by atoms with van der Waals surface area (Å²) < 4.78 is 0. The summed E-state index contributed by atoms with van der Waals surface area (Å²) in [5, 5.41) is 0. The van der Waals surface area contributed by atoms with Crippen molar-refractivity contribution >= 4 is 5.69 Å². The Morgan fingerprint density at radius 2 is 2.05 bits per heavy atom. The third-order valence-electron chi connectivity index (χ3n) is 5.27. The molecule has 0 bridgehead atoms. The molecule has 1 aromatic carbocycles. The van der Waals surface area contributed by atoms with E-state index in [0.29, 0.717) is 18.6 Å². The SMILES string of the molecule is CC1CN(C(CN)c2ccc3c(c2)CCN3C)CCN1C. The minimum Gasteiger partial charge on any atom is -0.374 e. The average molecular weight is 288 g/mol. The fourth-order valence-electron chi connectivity index (χ4n) is 3.65. The first-order valence-electron chi connectivity index (χ1n) is 8.08. The Hall–Kier alpha value is -1.10. The summed E-state index contributed by atoms with van der Waals surface area (Å²) in [4.78, 5) is 7.33. The average Bonchev–Trinajstić information content (AvgIpc) is 2.85. The predicted octanol–water partition coefficient (Wildman–Crippen LogP) is 1.31. The number of benzene rings is 1. The molecule has 0 radical (unpaired) electrons. The number of nitrogens with two attached hydrogens (primary N) is 1. The zero-order chi connectivity index (χ0) is 15.0. The molecular formula is C17H28N4. The summed E-state index contributed by atoms with van der Waals surface area (Å²) in [5.41, 5.74) is 10.4. The number of likely N-dealkylation sites (N-methyl/N-ethyl adjacent to an activating group) is 2. The van der Waals surface area contributed by atoms with E-state index >= 15 is 0 Å². The fourth-order valence-corrected chi connectivity index (χ4v) is 3.65. The van der Waals surface area contributed by atoms with Gasteiger partial charge < -0.3 is 15.5 Å². The quantitative estimate of drug-likeness (QED) is 0.910. The van der Waals surface area contributed by atoms with Crippen LogP contribution in [0.5, 0.6) is 0 Å². The first kappa shape index (κ1) is 14.8. The molecule has 0 spiro atoms. The van der Waals surface area contributed by atoms with Gasteiger partial charge >= 0.3 is 0 Å². The molecule has 2 heterocycles. The first-order chi connectivity index (χ1) is 10.1. The molecule has 2 N–H and O–H groups in total. The van der Waals surface area contributed by atoms with Crippen LogP contribution in [0.2, 0.25) is 0 Å². The highest BCUT2D eigenvalue weighted by atomic mass is 15.3. The van der Waals surface area contributed by atoms with Gasteiger partial charge in [0.05, 0.1) is 0 Å². The lowest BCUT2D eigenvalue weighted by atomic mass is 9.99. The van der Waals surface area contributed by atoms with E-state index in [4.69, 9.17) is 5.73 Å². The van der Waals surface area contributed by atoms with Gasteiger partial charge in [-0.1, -0.05) is 12.1 Å². The molecule has 0 saturated carbocycles. The Bertz CT molecular complexity index is 502. The molecule has 0 aromatic heterocycles. The van der Waals surface area contributed by atoms with Crippen LogP contribution in [0.4, 0.5) is 5.69 Å². The largest absolute Gasteiger partial charge is 0.374 e. The van der Waals surface area contributed by atoms with Crippen molar-refractivity contribution in [2.75, 3.05) is 51.7 Å². The molecule has 1 fully saturated rings. The van der Waals surface area contributed by atoms with Crippen molar-refractivity contribution in [1.29, 1.82) is 0 Å². The van der Waals surface area contributed by atoms with Crippen molar-refractivity contribution in [3.05, 3.63) is 29.3 Å². The summed E-state index contributed by atoms with van der Waals surface area (Å²) in [6, 6.07) is 7.91. The maximum Gasteiger partial charge on any atom is 0.0471 e. The Labute approximate surface area is 128 Å². The highest BCUT2D eigenvalue weighted by molar-refractivity contribution is 5.58. The van der Waals surface area contributed by atoms with Crippen molar-refractivity contribution in [3.8, 4) is 0 Å². The Morgan fingerprint density at radius 1 is 1.24 bits per heavy atom. The maximum absolute atomic E-state index is 6.12. The lowest BCUT2D eigenvalue weighted by molar-refractivity contribution is 0.0741. The molecule has 0 amide bonds. The van der Waals surface area contributed by atoms with E-state index in [-0.39, 0.29) is 0 Å². The molecule has 1 aromatic rings. The van der Waals surface area contributed by atoms with Crippen LogP contribution in [0, 0.1) is 0 Å². The van der Waals surface area contributed by atoms with E-state index in [2.05, 4.69) is 53.9 Å². The molecule has 2 unspecified atom stereocenters. The van der Waals surface area contributed by atoms with Gasteiger partial charge in [0.15, 0.2) is 0 Å². The number of rotatable bonds is 3. The molecule has 116 valence electrons. The van der Waals surface area contributed by atoms with Crippen LogP contribution in [-0.2, 0) is 6.42 Å². The second kappa shape index (κ2) is 5.95. The monoisotopic (exact) mass is 288 g/mol. The van der Waals surface area contributed by atoms with E-state index in [0.717, 1.165) is 32.6 Å². The van der Waals surface area contributed by atoms with Gasteiger partial charge in [0.25, 0.3) is 0 Å². The van der Waals surface area contributed by atoms with Crippen LogP contribution in [0.1, 0.15) is 24.1 Å². The molecule has 4 heteroatoms. The topological polar surface area (TPSA) is 35.7 Å². The molecule has 4 nitrogen and oxygen atoms in total. The summed E-state index contributed by atoms with van der Waals surface area (Å²) in [6.45, 7) is 7.49. The van der Waals surface area contributed by atoms with Gasteiger partial charge in [0, 0.05) is 57.5 Å². The lowest BCUT2D eigenvalue weighted by Crippen LogP contribution is -2.52. The number of piperazine rings is 1. The summed E-state index contributed by atoms with van der Waals surface area (Å²) in [7, 11) is 4.39. The zero-order valence-corrected chi connectivity index (χ0v) is 13.5. The van der Waals surface area contributed by atoms with Gasteiger partial charge in [0.1, 0.15) is 0 Å². The van der Waals surface area contributed by atoms with Crippen molar-refractivity contribution in [2.24, 2.45) is 5.73 Å². The van der Waals surface area contributed by atoms with Crippen molar-refractivity contribution in [2.45, 2.75) is 25.4 Å². The van der Waals surface area contributed by atoms with E-state index in [9.17, 15) is 0 Å². The zero-order valence-electron chi connectivity index (χ0n) is 13.5. The number of hydrogen-bond donors (Lipinski definition) is 1. The molecule has 21 heavy (non-hydrogen) atoms. The smallest absolute Gasteiger partial charge is 0.0471 e. The van der Waals surface area contributed by atoms with E-state index in [1.807, 2.05) is 0 Å². The summed E-state index contributed by atoms with van der Waals surface area (Å²) in [5.74, 6) is 0. The van der Waals surface area contributed by atoms with Crippen LogP contribution in [0.15, 0.2) is 18.2 Å². The molecule has 3 rings (SSSR count). The summed E-state index contributed by atoms with van der Waals surface area (Å²) in [6.07, 6.45) is 1.16.